The van der Waals surface area contributed by atoms with E-state index < -0.39 is 0 Å². The third kappa shape index (κ3) is 4.21. The number of nitrogens with one attached hydrogen (secondary N) is 1. The molecule has 2 aromatic rings. The molecule has 0 fully saturated rings. The highest BCUT2D eigenvalue weighted by molar-refractivity contribution is 7.07. The van der Waals surface area contributed by atoms with Crippen LogP contribution in [-0.2, 0) is 13.0 Å². The quantitative estimate of drug-likeness (QED) is 0.760. The van der Waals surface area contributed by atoms with E-state index in [1.54, 1.807) is 18.4 Å². The van der Waals surface area contributed by atoms with Gasteiger partial charge in [-0.3, -0.25) is 0 Å². The Labute approximate surface area is 123 Å². The van der Waals surface area contributed by atoms with Crippen LogP contribution >= 0.6 is 11.3 Å². The number of methoxy groups -OCH3 is 1. The number of aromatic nitrogens is 1. The molecule has 1 heterocycles. The van der Waals surface area contributed by atoms with Crippen molar-refractivity contribution < 1.29 is 9.47 Å². The van der Waals surface area contributed by atoms with Crippen molar-refractivity contribution in [3.8, 4) is 11.5 Å². The molecule has 5 heteroatoms. The lowest BCUT2D eigenvalue weighted by molar-refractivity contribution is 0.310. The van der Waals surface area contributed by atoms with E-state index in [0.29, 0.717) is 6.61 Å². The zero-order valence-electron chi connectivity index (χ0n) is 11.9. The number of nitrogens with zero attached hydrogens (tertiary/aromatic N) is 1. The molecule has 2 rings (SSSR count). The summed E-state index contributed by atoms with van der Waals surface area (Å²) in [6.45, 7) is 4.34. The largest absolute Gasteiger partial charge is 0.493 e. The molecule has 1 aromatic heterocycles. The molecule has 0 aliphatic rings. The van der Waals surface area contributed by atoms with Crippen molar-refractivity contribution >= 4 is 11.3 Å². The third-order valence-corrected chi connectivity index (χ3v) is 3.53. The Balaban J connectivity index is 1.84. The summed E-state index contributed by atoms with van der Waals surface area (Å²) in [5, 5.41) is 5.50. The molecule has 0 bridgehead atoms. The van der Waals surface area contributed by atoms with Gasteiger partial charge in [-0.05, 0) is 24.6 Å². The van der Waals surface area contributed by atoms with Crippen molar-refractivity contribution in [2.45, 2.75) is 19.9 Å². The van der Waals surface area contributed by atoms with Crippen molar-refractivity contribution in [1.29, 1.82) is 0 Å². The number of hydrogen-bond acceptors (Lipinski definition) is 5. The number of benzene rings is 1. The molecule has 0 saturated carbocycles. The molecule has 4 nitrogen and oxygen atoms in total. The van der Waals surface area contributed by atoms with Gasteiger partial charge in [0.2, 0.25) is 0 Å². The molecular weight excluding hydrogens is 272 g/mol. The van der Waals surface area contributed by atoms with Gasteiger partial charge in [0.15, 0.2) is 11.5 Å². The van der Waals surface area contributed by atoms with E-state index in [0.717, 1.165) is 36.7 Å². The number of ether oxygens (including phenoxy) is 2. The highest BCUT2D eigenvalue weighted by Crippen LogP contribution is 2.27. The minimum atomic E-state index is 0.636. The van der Waals surface area contributed by atoms with Crippen LogP contribution in [0.15, 0.2) is 29.1 Å². The maximum atomic E-state index is 5.57. The van der Waals surface area contributed by atoms with Crippen LogP contribution in [0.4, 0.5) is 0 Å². The maximum Gasteiger partial charge on any atom is 0.161 e. The van der Waals surface area contributed by atoms with Gasteiger partial charge in [-0.2, -0.15) is 0 Å². The van der Waals surface area contributed by atoms with Crippen LogP contribution in [0.2, 0.25) is 0 Å². The summed E-state index contributed by atoms with van der Waals surface area (Å²) in [7, 11) is 1.66. The molecule has 1 aromatic carbocycles. The van der Waals surface area contributed by atoms with E-state index in [2.05, 4.69) is 21.7 Å². The van der Waals surface area contributed by atoms with Gasteiger partial charge in [0, 0.05) is 24.9 Å². The third-order valence-electron chi connectivity index (χ3n) is 2.90. The fourth-order valence-corrected chi connectivity index (χ4v) is 2.50. The normalized spacial score (nSPS) is 10.5. The Morgan fingerprint density at radius 2 is 2.20 bits per heavy atom. The molecule has 0 radical (unpaired) electrons. The van der Waals surface area contributed by atoms with Crippen molar-refractivity contribution in [3.63, 3.8) is 0 Å². The fraction of sp³-hybridized carbons (Fsp3) is 0.400. The molecule has 0 saturated heterocycles. The van der Waals surface area contributed by atoms with Gasteiger partial charge in [-0.25, -0.2) is 4.98 Å². The second kappa shape index (κ2) is 7.87. The Morgan fingerprint density at radius 3 is 2.90 bits per heavy atom. The fourth-order valence-electron chi connectivity index (χ4n) is 1.91. The lowest BCUT2D eigenvalue weighted by Gasteiger charge is -2.11. The van der Waals surface area contributed by atoms with Crippen LogP contribution in [-0.4, -0.2) is 25.2 Å². The van der Waals surface area contributed by atoms with Crippen LogP contribution in [0.5, 0.6) is 11.5 Å². The Morgan fingerprint density at radius 1 is 1.30 bits per heavy atom. The lowest BCUT2D eigenvalue weighted by atomic mass is 10.2. The summed E-state index contributed by atoms with van der Waals surface area (Å²) in [5.41, 5.74) is 4.20. The first-order valence-corrected chi connectivity index (χ1v) is 7.65. The summed E-state index contributed by atoms with van der Waals surface area (Å²) >= 11 is 1.64. The van der Waals surface area contributed by atoms with E-state index in [1.807, 2.05) is 24.6 Å². The minimum absolute atomic E-state index is 0.636. The molecule has 20 heavy (non-hydrogen) atoms. The Kier molecular flexibility index (Phi) is 5.83. The van der Waals surface area contributed by atoms with Crippen LogP contribution < -0.4 is 14.8 Å². The summed E-state index contributed by atoms with van der Waals surface area (Å²) < 4.78 is 10.8. The summed E-state index contributed by atoms with van der Waals surface area (Å²) in [6.07, 6.45) is 0.956. The Hall–Kier alpha value is -1.59. The van der Waals surface area contributed by atoms with Crippen molar-refractivity contribution in [3.05, 3.63) is 40.3 Å². The van der Waals surface area contributed by atoms with E-state index in [4.69, 9.17) is 9.47 Å². The van der Waals surface area contributed by atoms with Crippen LogP contribution in [0.3, 0.4) is 0 Å². The van der Waals surface area contributed by atoms with Crippen LogP contribution in [0.1, 0.15) is 18.2 Å². The SMILES string of the molecule is CCOc1cc(CNCCc2cscn2)ccc1OC. The predicted molar refractivity (Wildman–Crippen MR) is 81.7 cm³/mol. The van der Waals surface area contributed by atoms with Gasteiger partial charge in [0.1, 0.15) is 0 Å². The van der Waals surface area contributed by atoms with E-state index >= 15 is 0 Å². The molecule has 0 unspecified atom stereocenters. The molecule has 1 N–H and O–H groups in total. The number of hydrogen-bond donors (Lipinski definition) is 1. The standard InChI is InChI=1S/C15H20N2O2S/c1-3-19-15-8-12(4-5-14(15)18-2)9-16-7-6-13-10-20-11-17-13/h4-5,8,10-11,16H,3,6-7,9H2,1-2H3. The van der Waals surface area contributed by atoms with E-state index in [-0.39, 0.29) is 0 Å². The second-order valence-electron chi connectivity index (χ2n) is 4.32. The van der Waals surface area contributed by atoms with Crippen molar-refractivity contribution in [2.75, 3.05) is 20.3 Å². The van der Waals surface area contributed by atoms with Crippen molar-refractivity contribution in [1.82, 2.24) is 10.3 Å². The average molecular weight is 292 g/mol. The zero-order chi connectivity index (χ0) is 14.2. The summed E-state index contributed by atoms with van der Waals surface area (Å²) in [6, 6.07) is 6.03. The average Bonchev–Trinajstić information content (AvgIpc) is 2.97. The highest BCUT2D eigenvalue weighted by Gasteiger charge is 2.05. The van der Waals surface area contributed by atoms with Gasteiger partial charge in [0.05, 0.1) is 24.9 Å². The molecular formula is C15H20N2O2S. The number of thiazole rings is 1. The molecule has 0 spiro atoms. The van der Waals surface area contributed by atoms with Crippen molar-refractivity contribution in [2.24, 2.45) is 0 Å². The Bertz CT molecular complexity index is 515. The smallest absolute Gasteiger partial charge is 0.161 e. The first kappa shape index (κ1) is 14.8. The predicted octanol–water partition coefficient (Wildman–Crippen LogP) is 2.88. The van der Waals surface area contributed by atoms with E-state index in [1.165, 1.54) is 5.56 Å². The highest BCUT2D eigenvalue weighted by atomic mass is 32.1. The van der Waals surface area contributed by atoms with Gasteiger partial charge in [0.25, 0.3) is 0 Å². The maximum absolute atomic E-state index is 5.57. The first-order chi connectivity index (χ1) is 9.83. The van der Waals surface area contributed by atoms with E-state index in [9.17, 15) is 0 Å². The van der Waals surface area contributed by atoms with Crippen LogP contribution in [0, 0.1) is 0 Å². The summed E-state index contributed by atoms with van der Waals surface area (Å²) in [5.74, 6) is 1.58. The summed E-state index contributed by atoms with van der Waals surface area (Å²) in [4.78, 5) is 4.26. The minimum Gasteiger partial charge on any atom is -0.493 e. The molecule has 0 atom stereocenters. The second-order valence-corrected chi connectivity index (χ2v) is 5.04. The van der Waals surface area contributed by atoms with Crippen LogP contribution in [0.25, 0.3) is 0 Å². The topological polar surface area (TPSA) is 43.4 Å². The lowest BCUT2D eigenvalue weighted by Crippen LogP contribution is -2.16. The van der Waals surface area contributed by atoms with Gasteiger partial charge in [-0.1, -0.05) is 6.07 Å². The number of rotatable bonds is 8. The van der Waals surface area contributed by atoms with Gasteiger partial charge in [-0.15, -0.1) is 11.3 Å². The van der Waals surface area contributed by atoms with Gasteiger partial charge < -0.3 is 14.8 Å². The zero-order valence-corrected chi connectivity index (χ0v) is 12.7. The molecule has 0 aliphatic heterocycles. The van der Waals surface area contributed by atoms with Gasteiger partial charge >= 0.3 is 0 Å². The monoisotopic (exact) mass is 292 g/mol. The molecule has 0 amide bonds. The molecule has 108 valence electrons. The molecule has 0 aliphatic carbocycles. The first-order valence-electron chi connectivity index (χ1n) is 6.71.